The minimum absolute atomic E-state index is 0.0434. The average Bonchev–Trinajstić information content (AvgIpc) is 2.86. The molecule has 0 unspecified atom stereocenters. The Kier molecular flexibility index (Phi) is 3.28. The molecule has 1 amide bonds. The van der Waals surface area contributed by atoms with Crippen LogP contribution >= 0.6 is 11.3 Å². The van der Waals surface area contributed by atoms with Crippen LogP contribution < -0.4 is 5.32 Å². The summed E-state index contributed by atoms with van der Waals surface area (Å²) in [5.74, 6) is -0.0434. The van der Waals surface area contributed by atoms with Crippen LogP contribution in [0.15, 0.2) is 48.5 Å². The number of carbonyl (C=O) groups excluding carboxylic acids is 1. The van der Waals surface area contributed by atoms with Gasteiger partial charge in [-0.3, -0.25) is 4.79 Å². The monoisotopic (exact) mass is 281 g/mol. The van der Waals surface area contributed by atoms with E-state index >= 15 is 0 Å². The Hall–Kier alpha value is -2.13. The van der Waals surface area contributed by atoms with Gasteiger partial charge in [0.1, 0.15) is 0 Å². The molecule has 0 bridgehead atoms. The van der Waals surface area contributed by atoms with Gasteiger partial charge in [-0.05, 0) is 43.0 Å². The molecular formula is C17H15NOS. The molecule has 0 aliphatic carbocycles. The molecule has 3 heteroatoms. The SMILES string of the molecule is Cc1ccc(NC(=O)c2cc3ccccc3s2)c(C)c1. The number of fused-ring (bicyclic) bond motifs is 1. The average molecular weight is 281 g/mol. The summed E-state index contributed by atoms with van der Waals surface area (Å²) in [7, 11) is 0. The fourth-order valence-corrected chi connectivity index (χ4v) is 3.19. The van der Waals surface area contributed by atoms with Gasteiger partial charge >= 0.3 is 0 Å². The number of benzene rings is 2. The lowest BCUT2D eigenvalue weighted by atomic mass is 10.1. The first-order valence-corrected chi connectivity index (χ1v) is 7.32. The second-order valence-corrected chi connectivity index (χ2v) is 6.00. The number of hydrogen-bond acceptors (Lipinski definition) is 2. The van der Waals surface area contributed by atoms with Gasteiger partial charge in [0.2, 0.25) is 0 Å². The third-order valence-electron chi connectivity index (χ3n) is 3.28. The molecule has 3 rings (SSSR count). The first-order valence-electron chi connectivity index (χ1n) is 6.51. The molecule has 2 nitrogen and oxygen atoms in total. The van der Waals surface area contributed by atoms with Gasteiger partial charge in [0.15, 0.2) is 0 Å². The predicted octanol–water partition coefficient (Wildman–Crippen LogP) is 4.77. The van der Waals surface area contributed by atoms with Crippen molar-refractivity contribution in [2.24, 2.45) is 0 Å². The summed E-state index contributed by atoms with van der Waals surface area (Å²) in [6, 6.07) is 16.0. The molecule has 0 atom stereocenters. The van der Waals surface area contributed by atoms with Crippen LogP contribution in [-0.2, 0) is 0 Å². The molecule has 0 aliphatic rings. The Balaban J connectivity index is 1.89. The summed E-state index contributed by atoms with van der Waals surface area (Å²) in [5.41, 5.74) is 3.15. The molecule has 0 saturated carbocycles. The van der Waals surface area contributed by atoms with Crippen molar-refractivity contribution >= 4 is 33.0 Å². The number of anilines is 1. The van der Waals surface area contributed by atoms with Crippen molar-refractivity contribution < 1.29 is 4.79 Å². The lowest BCUT2D eigenvalue weighted by molar-refractivity contribution is 0.103. The summed E-state index contributed by atoms with van der Waals surface area (Å²) in [4.78, 5) is 13.1. The van der Waals surface area contributed by atoms with E-state index in [4.69, 9.17) is 0 Å². The van der Waals surface area contributed by atoms with E-state index in [1.165, 1.54) is 16.9 Å². The van der Waals surface area contributed by atoms with Gasteiger partial charge in [0.25, 0.3) is 5.91 Å². The standard InChI is InChI=1S/C17H15NOS/c1-11-7-8-14(12(2)9-11)18-17(19)16-10-13-5-3-4-6-15(13)20-16/h3-10H,1-2H3,(H,18,19). The summed E-state index contributed by atoms with van der Waals surface area (Å²) in [5, 5.41) is 4.10. The van der Waals surface area contributed by atoms with Gasteiger partial charge in [-0.15, -0.1) is 11.3 Å². The highest BCUT2D eigenvalue weighted by molar-refractivity contribution is 7.20. The first kappa shape index (κ1) is 12.9. The van der Waals surface area contributed by atoms with E-state index in [2.05, 4.69) is 11.4 Å². The predicted molar refractivity (Wildman–Crippen MR) is 85.7 cm³/mol. The van der Waals surface area contributed by atoms with Gasteiger partial charge in [-0.1, -0.05) is 35.9 Å². The molecule has 0 spiro atoms. The molecule has 0 saturated heterocycles. The topological polar surface area (TPSA) is 29.1 Å². The van der Waals surface area contributed by atoms with E-state index < -0.39 is 0 Å². The number of amides is 1. The number of nitrogens with one attached hydrogen (secondary N) is 1. The van der Waals surface area contributed by atoms with Gasteiger partial charge in [-0.25, -0.2) is 0 Å². The largest absolute Gasteiger partial charge is 0.321 e. The molecule has 1 aromatic heterocycles. The van der Waals surface area contributed by atoms with Crippen molar-refractivity contribution in [2.45, 2.75) is 13.8 Å². The zero-order valence-corrected chi connectivity index (χ0v) is 12.3. The zero-order chi connectivity index (χ0) is 14.1. The van der Waals surface area contributed by atoms with Crippen LogP contribution in [0.3, 0.4) is 0 Å². The van der Waals surface area contributed by atoms with Crippen LogP contribution in [0.25, 0.3) is 10.1 Å². The van der Waals surface area contributed by atoms with E-state index in [1.54, 1.807) is 0 Å². The van der Waals surface area contributed by atoms with Crippen molar-refractivity contribution in [3.8, 4) is 0 Å². The molecule has 0 fully saturated rings. The minimum atomic E-state index is -0.0434. The van der Waals surface area contributed by atoms with Crippen LogP contribution in [-0.4, -0.2) is 5.91 Å². The summed E-state index contributed by atoms with van der Waals surface area (Å²) in [6.07, 6.45) is 0. The van der Waals surface area contributed by atoms with E-state index in [9.17, 15) is 4.79 Å². The van der Waals surface area contributed by atoms with Crippen molar-refractivity contribution in [3.05, 3.63) is 64.5 Å². The molecule has 20 heavy (non-hydrogen) atoms. The van der Waals surface area contributed by atoms with Gasteiger partial charge in [0.05, 0.1) is 4.88 Å². The van der Waals surface area contributed by atoms with E-state index in [0.29, 0.717) is 0 Å². The number of rotatable bonds is 2. The molecule has 0 radical (unpaired) electrons. The maximum Gasteiger partial charge on any atom is 0.265 e. The molecule has 100 valence electrons. The highest BCUT2D eigenvalue weighted by Crippen LogP contribution is 2.26. The number of aryl methyl sites for hydroxylation is 2. The van der Waals surface area contributed by atoms with E-state index in [0.717, 1.165) is 26.2 Å². The smallest absolute Gasteiger partial charge is 0.265 e. The summed E-state index contributed by atoms with van der Waals surface area (Å²) in [6.45, 7) is 4.05. The van der Waals surface area contributed by atoms with Gasteiger partial charge in [0, 0.05) is 10.4 Å². The Bertz CT molecular complexity index is 756. The highest BCUT2D eigenvalue weighted by atomic mass is 32.1. The van der Waals surface area contributed by atoms with Crippen LogP contribution in [0.4, 0.5) is 5.69 Å². The fraction of sp³-hybridized carbons (Fsp3) is 0.118. The second-order valence-electron chi connectivity index (χ2n) is 4.92. The lowest BCUT2D eigenvalue weighted by Crippen LogP contribution is -2.11. The van der Waals surface area contributed by atoms with Crippen molar-refractivity contribution in [1.82, 2.24) is 0 Å². The second kappa shape index (κ2) is 5.10. The maximum absolute atomic E-state index is 12.3. The van der Waals surface area contributed by atoms with Crippen LogP contribution in [0.1, 0.15) is 20.8 Å². The van der Waals surface area contributed by atoms with E-state index in [-0.39, 0.29) is 5.91 Å². The zero-order valence-electron chi connectivity index (χ0n) is 11.4. The Labute approximate surface area is 122 Å². The fourth-order valence-electron chi connectivity index (χ4n) is 2.23. The van der Waals surface area contributed by atoms with E-state index in [1.807, 2.05) is 56.3 Å². The molecule has 2 aromatic carbocycles. The van der Waals surface area contributed by atoms with Crippen LogP contribution in [0.2, 0.25) is 0 Å². The maximum atomic E-state index is 12.3. The Morgan fingerprint density at radius 2 is 1.85 bits per heavy atom. The summed E-state index contributed by atoms with van der Waals surface area (Å²) < 4.78 is 1.14. The number of hydrogen-bond donors (Lipinski definition) is 1. The first-order chi connectivity index (χ1) is 9.63. The van der Waals surface area contributed by atoms with Crippen molar-refractivity contribution in [2.75, 3.05) is 5.32 Å². The number of carbonyl (C=O) groups is 1. The third kappa shape index (κ3) is 2.45. The van der Waals surface area contributed by atoms with Gasteiger partial charge < -0.3 is 5.32 Å². The molecule has 0 aliphatic heterocycles. The molecule has 1 heterocycles. The quantitative estimate of drug-likeness (QED) is 0.720. The lowest BCUT2D eigenvalue weighted by Gasteiger charge is -2.07. The summed E-state index contributed by atoms with van der Waals surface area (Å²) >= 11 is 1.52. The molecular weight excluding hydrogens is 266 g/mol. The highest BCUT2D eigenvalue weighted by Gasteiger charge is 2.11. The Morgan fingerprint density at radius 1 is 1.05 bits per heavy atom. The van der Waals surface area contributed by atoms with Crippen LogP contribution in [0.5, 0.6) is 0 Å². The van der Waals surface area contributed by atoms with Crippen molar-refractivity contribution in [3.63, 3.8) is 0 Å². The molecule has 1 N–H and O–H groups in total. The number of thiophene rings is 1. The van der Waals surface area contributed by atoms with Crippen molar-refractivity contribution in [1.29, 1.82) is 0 Å². The normalized spacial score (nSPS) is 10.7. The third-order valence-corrected chi connectivity index (χ3v) is 4.39. The minimum Gasteiger partial charge on any atom is -0.321 e. The molecule has 3 aromatic rings. The van der Waals surface area contributed by atoms with Gasteiger partial charge in [-0.2, -0.15) is 0 Å². The Morgan fingerprint density at radius 3 is 2.60 bits per heavy atom. The van der Waals surface area contributed by atoms with Crippen LogP contribution in [0, 0.1) is 13.8 Å².